The molecule has 4 nitrogen and oxygen atoms in total. The van der Waals surface area contributed by atoms with Gasteiger partial charge in [0, 0.05) is 28.6 Å². The Hall–Kier alpha value is -2.47. The van der Waals surface area contributed by atoms with Gasteiger partial charge in [-0.05, 0) is 24.3 Å². The molecular formula is C16H12FNO3S. The third-order valence-electron chi connectivity index (χ3n) is 3.43. The zero-order chi connectivity index (χ0) is 15.7. The number of halogens is 1. The van der Waals surface area contributed by atoms with Crippen molar-refractivity contribution in [3.63, 3.8) is 0 Å². The maximum Gasteiger partial charge on any atom is 0.252 e. The fourth-order valence-corrected chi connectivity index (χ4v) is 3.52. The van der Waals surface area contributed by atoms with Crippen LogP contribution in [0.4, 0.5) is 4.39 Å². The van der Waals surface area contributed by atoms with Crippen LogP contribution in [0.15, 0.2) is 52.8 Å². The van der Waals surface area contributed by atoms with Crippen LogP contribution < -0.4 is 5.32 Å². The summed E-state index contributed by atoms with van der Waals surface area (Å²) < 4.78 is 37.1. The Balaban J connectivity index is 1.85. The number of hydrogen-bond acceptors (Lipinski definition) is 3. The van der Waals surface area contributed by atoms with Crippen molar-refractivity contribution < 1.29 is 17.6 Å². The monoisotopic (exact) mass is 317 g/mol. The van der Waals surface area contributed by atoms with E-state index in [1.807, 2.05) is 0 Å². The fraction of sp³-hybridized carbons (Fsp3) is 0.0625. The first-order valence-corrected chi connectivity index (χ1v) is 8.11. The highest BCUT2D eigenvalue weighted by Gasteiger charge is 2.24. The average molecular weight is 317 g/mol. The molecule has 1 amide bonds. The molecule has 6 heteroatoms. The molecule has 22 heavy (non-hydrogen) atoms. The minimum absolute atomic E-state index is 0.0334. The third kappa shape index (κ3) is 2.53. The lowest BCUT2D eigenvalue weighted by Gasteiger charge is -2.09. The second kappa shape index (κ2) is 5.38. The van der Waals surface area contributed by atoms with Crippen molar-refractivity contribution in [2.45, 2.75) is 11.4 Å². The molecule has 112 valence electrons. The molecule has 2 aromatic carbocycles. The van der Waals surface area contributed by atoms with Crippen molar-refractivity contribution in [2.24, 2.45) is 0 Å². The molecule has 0 spiro atoms. The van der Waals surface area contributed by atoms with Gasteiger partial charge in [-0.25, -0.2) is 12.8 Å². The first kappa shape index (κ1) is 14.5. The van der Waals surface area contributed by atoms with E-state index in [1.54, 1.807) is 24.3 Å². The van der Waals surface area contributed by atoms with E-state index in [0.29, 0.717) is 11.1 Å². The van der Waals surface area contributed by atoms with Crippen LogP contribution in [-0.2, 0) is 16.4 Å². The minimum Gasteiger partial charge on any atom is -0.348 e. The van der Waals surface area contributed by atoms with E-state index in [9.17, 15) is 17.6 Å². The number of hydrogen-bond donors (Lipinski definition) is 1. The lowest BCUT2D eigenvalue weighted by Crippen LogP contribution is -2.24. The van der Waals surface area contributed by atoms with Gasteiger partial charge < -0.3 is 5.32 Å². The molecule has 0 bridgehead atoms. The predicted octanol–water partition coefficient (Wildman–Crippen LogP) is 2.51. The smallest absolute Gasteiger partial charge is 0.252 e. The van der Waals surface area contributed by atoms with Crippen LogP contribution in [0.25, 0.3) is 6.08 Å². The van der Waals surface area contributed by atoms with Crippen LogP contribution in [0, 0.1) is 5.82 Å². The number of benzene rings is 2. The summed E-state index contributed by atoms with van der Waals surface area (Å²) in [5.41, 5.74) is 0.992. The Morgan fingerprint density at radius 2 is 1.86 bits per heavy atom. The molecule has 1 N–H and O–H groups in total. The highest BCUT2D eigenvalue weighted by Crippen LogP contribution is 2.29. The van der Waals surface area contributed by atoms with Gasteiger partial charge in [-0.1, -0.05) is 24.3 Å². The van der Waals surface area contributed by atoms with Gasteiger partial charge in [0.15, 0.2) is 9.84 Å². The molecule has 0 fully saturated rings. The molecule has 1 heterocycles. The topological polar surface area (TPSA) is 63.2 Å². The van der Waals surface area contributed by atoms with Crippen molar-refractivity contribution in [2.75, 3.05) is 0 Å². The Morgan fingerprint density at radius 1 is 1.09 bits per heavy atom. The van der Waals surface area contributed by atoms with Gasteiger partial charge in [0.2, 0.25) is 0 Å². The third-order valence-corrected chi connectivity index (χ3v) is 4.89. The maximum atomic E-state index is 13.5. The van der Waals surface area contributed by atoms with E-state index in [-0.39, 0.29) is 17.0 Å². The van der Waals surface area contributed by atoms with Crippen LogP contribution in [0.1, 0.15) is 21.5 Å². The normalized spacial score (nSPS) is 14.6. The van der Waals surface area contributed by atoms with Gasteiger partial charge in [0.1, 0.15) is 5.82 Å². The van der Waals surface area contributed by atoms with Gasteiger partial charge >= 0.3 is 0 Å². The van der Waals surface area contributed by atoms with Crippen molar-refractivity contribution in [3.05, 3.63) is 70.4 Å². The Bertz CT molecular complexity index is 888. The molecular weight excluding hydrogens is 305 g/mol. The van der Waals surface area contributed by atoms with Crippen LogP contribution >= 0.6 is 0 Å². The number of carbonyl (C=O) groups is 1. The molecule has 0 aliphatic carbocycles. The van der Waals surface area contributed by atoms with Gasteiger partial charge in [0.25, 0.3) is 5.91 Å². The quantitative estimate of drug-likeness (QED) is 0.946. The number of sulfone groups is 1. The van der Waals surface area contributed by atoms with Gasteiger partial charge in [-0.3, -0.25) is 4.79 Å². The van der Waals surface area contributed by atoms with Crippen molar-refractivity contribution in [1.29, 1.82) is 0 Å². The zero-order valence-corrected chi connectivity index (χ0v) is 12.2. The Labute approximate surface area is 127 Å². The SMILES string of the molecule is O=C(NCc1ccccc1F)c1cccc2c1C=CS2(=O)=O. The number of nitrogens with one attached hydrogen (secondary N) is 1. The van der Waals surface area contributed by atoms with Crippen LogP contribution in [0.5, 0.6) is 0 Å². The molecule has 0 aromatic heterocycles. The van der Waals surface area contributed by atoms with Gasteiger partial charge in [-0.2, -0.15) is 0 Å². The summed E-state index contributed by atoms with van der Waals surface area (Å²) >= 11 is 0. The van der Waals surface area contributed by atoms with E-state index < -0.39 is 21.6 Å². The van der Waals surface area contributed by atoms with Crippen molar-refractivity contribution in [1.82, 2.24) is 5.32 Å². The predicted molar refractivity (Wildman–Crippen MR) is 80.2 cm³/mol. The largest absolute Gasteiger partial charge is 0.348 e. The lowest BCUT2D eigenvalue weighted by atomic mass is 10.1. The van der Waals surface area contributed by atoms with Gasteiger partial charge in [0.05, 0.1) is 4.90 Å². The standard InChI is InChI=1S/C16H12FNO3S/c17-14-6-2-1-4-11(14)10-18-16(19)13-5-3-7-15-12(13)8-9-22(15,20)21/h1-9H,10H2,(H,18,19). The number of carbonyl (C=O) groups excluding carboxylic acids is 1. The summed E-state index contributed by atoms with van der Waals surface area (Å²) in [6, 6.07) is 10.7. The van der Waals surface area contributed by atoms with E-state index in [0.717, 1.165) is 5.41 Å². The van der Waals surface area contributed by atoms with E-state index in [1.165, 1.54) is 24.3 Å². The second-order valence-corrected chi connectivity index (χ2v) is 6.64. The van der Waals surface area contributed by atoms with Crippen LogP contribution in [0.3, 0.4) is 0 Å². The Kier molecular flexibility index (Phi) is 3.54. The Morgan fingerprint density at radius 3 is 2.64 bits per heavy atom. The molecule has 0 radical (unpaired) electrons. The van der Waals surface area contributed by atoms with Crippen LogP contribution in [-0.4, -0.2) is 14.3 Å². The first-order valence-electron chi connectivity index (χ1n) is 6.57. The molecule has 2 aromatic rings. The molecule has 3 rings (SSSR count). The summed E-state index contributed by atoms with van der Waals surface area (Å²) in [4.78, 5) is 12.4. The minimum atomic E-state index is -3.46. The summed E-state index contributed by atoms with van der Waals surface area (Å²) in [5.74, 6) is -0.842. The molecule has 0 unspecified atom stereocenters. The summed E-state index contributed by atoms with van der Waals surface area (Å²) in [6.07, 6.45) is 1.41. The fourth-order valence-electron chi connectivity index (χ4n) is 2.31. The molecule has 1 aliphatic rings. The highest BCUT2D eigenvalue weighted by molar-refractivity contribution is 7.94. The average Bonchev–Trinajstić information content (AvgIpc) is 2.82. The van der Waals surface area contributed by atoms with E-state index in [2.05, 4.69) is 5.32 Å². The molecule has 0 saturated heterocycles. The number of fused-ring (bicyclic) bond motifs is 1. The molecule has 0 atom stereocenters. The van der Waals surface area contributed by atoms with Crippen molar-refractivity contribution in [3.8, 4) is 0 Å². The molecule has 1 aliphatic heterocycles. The highest BCUT2D eigenvalue weighted by atomic mass is 32.2. The summed E-state index contributed by atoms with van der Waals surface area (Å²) in [5, 5.41) is 3.68. The maximum absolute atomic E-state index is 13.5. The summed E-state index contributed by atoms with van der Waals surface area (Å²) in [7, 11) is -3.46. The van der Waals surface area contributed by atoms with E-state index >= 15 is 0 Å². The lowest BCUT2D eigenvalue weighted by molar-refractivity contribution is 0.0950. The summed E-state index contributed by atoms with van der Waals surface area (Å²) in [6.45, 7) is 0.0334. The second-order valence-electron chi connectivity index (χ2n) is 4.84. The molecule has 0 saturated carbocycles. The van der Waals surface area contributed by atoms with Gasteiger partial charge in [-0.15, -0.1) is 0 Å². The van der Waals surface area contributed by atoms with Crippen molar-refractivity contribution >= 4 is 21.8 Å². The van der Waals surface area contributed by atoms with Crippen LogP contribution in [0.2, 0.25) is 0 Å². The number of amides is 1. The number of rotatable bonds is 3. The first-order chi connectivity index (χ1) is 10.5. The van der Waals surface area contributed by atoms with E-state index in [4.69, 9.17) is 0 Å². The zero-order valence-electron chi connectivity index (χ0n) is 11.4.